The summed E-state index contributed by atoms with van der Waals surface area (Å²) >= 11 is 0. The number of benzene rings is 1. The van der Waals surface area contributed by atoms with Crippen LogP contribution in [0.5, 0.6) is 11.5 Å². The molecule has 0 unspecified atom stereocenters. The standard InChI is InChI=1S/C6H8N2O2/c7-9-5-2-1-3-6(4-5)10-8/h1-4H,7-8H2. The van der Waals surface area contributed by atoms with Crippen molar-refractivity contribution in [3.05, 3.63) is 24.3 Å². The average molecular weight is 140 g/mol. The SMILES string of the molecule is NOc1cccc(ON)c1. The van der Waals surface area contributed by atoms with E-state index in [1.54, 1.807) is 24.3 Å². The minimum Gasteiger partial charge on any atom is -0.411 e. The molecule has 1 rings (SSSR count). The molecular formula is C6H8N2O2. The molecule has 0 fully saturated rings. The van der Waals surface area contributed by atoms with Gasteiger partial charge in [0.1, 0.15) is 0 Å². The maximum Gasteiger partial charge on any atom is 0.150 e. The first-order chi connectivity index (χ1) is 4.86. The van der Waals surface area contributed by atoms with Crippen LogP contribution in [-0.4, -0.2) is 0 Å². The molecule has 0 radical (unpaired) electrons. The third-order valence-electron chi connectivity index (χ3n) is 1.08. The quantitative estimate of drug-likeness (QED) is 0.575. The van der Waals surface area contributed by atoms with Gasteiger partial charge in [-0.05, 0) is 12.1 Å². The summed E-state index contributed by atoms with van der Waals surface area (Å²) in [6.45, 7) is 0. The van der Waals surface area contributed by atoms with Gasteiger partial charge in [-0.15, -0.1) is 0 Å². The van der Waals surface area contributed by atoms with Crippen molar-refractivity contribution in [1.29, 1.82) is 0 Å². The van der Waals surface area contributed by atoms with Crippen molar-refractivity contribution in [1.82, 2.24) is 0 Å². The third kappa shape index (κ3) is 1.37. The van der Waals surface area contributed by atoms with Gasteiger partial charge in [0.05, 0.1) is 0 Å². The van der Waals surface area contributed by atoms with Crippen LogP contribution in [0.1, 0.15) is 0 Å². The summed E-state index contributed by atoms with van der Waals surface area (Å²) in [6.07, 6.45) is 0. The molecule has 10 heavy (non-hydrogen) atoms. The van der Waals surface area contributed by atoms with Gasteiger partial charge in [-0.1, -0.05) is 6.07 Å². The van der Waals surface area contributed by atoms with Crippen LogP contribution in [0, 0.1) is 0 Å². The van der Waals surface area contributed by atoms with Gasteiger partial charge in [0.15, 0.2) is 11.5 Å². The molecule has 1 aromatic rings. The molecule has 0 spiro atoms. The van der Waals surface area contributed by atoms with E-state index in [1.807, 2.05) is 0 Å². The lowest BCUT2D eigenvalue weighted by Crippen LogP contribution is -2.04. The second-order valence-corrected chi connectivity index (χ2v) is 1.71. The fourth-order valence-electron chi connectivity index (χ4n) is 0.621. The summed E-state index contributed by atoms with van der Waals surface area (Å²) in [4.78, 5) is 8.84. The van der Waals surface area contributed by atoms with Crippen LogP contribution in [0.3, 0.4) is 0 Å². The van der Waals surface area contributed by atoms with Crippen molar-refractivity contribution < 1.29 is 9.68 Å². The first-order valence-corrected chi connectivity index (χ1v) is 2.70. The van der Waals surface area contributed by atoms with E-state index in [0.717, 1.165) is 0 Å². The summed E-state index contributed by atoms with van der Waals surface area (Å²) in [5.41, 5.74) is 0. The molecule has 0 saturated carbocycles. The van der Waals surface area contributed by atoms with Gasteiger partial charge in [-0.25, -0.2) is 0 Å². The molecule has 4 nitrogen and oxygen atoms in total. The Balaban J connectivity index is 2.87. The fraction of sp³-hybridized carbons (Fsp3) is 0. The number of hydrogen-bond donors (Lipinski definition) is 2. The zero-order chi connectivity index (χ0) is 7.40. The van der Waals surface area contributed by atoms with Gasteiger partial charge in [-0.3, -0.25) is 0 Å². The smallest absolute Gasteiger partial charge is 0.150 e. The lowest BCUT2D eigenvalue weighted by molar-refractivity contribution is 0.317. The first-order valence-electron chi connectivity index (χ1n) is 2.70. The zero-order valence-electron chi connectivity index (χ0n) is 5.28. The summed E-state index contributed by atoms with van der Waals surface area (Å²) in [6, 6.07) is 6.70. The molecule has 0 aliphatic heterocycles. The van der Waals surface area contributed by atoms with Gasteiger partial charge in [0.25, 0.3) is 0 Å². The lowest BCUT2D eigenvalue weighted by Gasteiger charge is -1.99. The van der Waals surface area contributed by atoms with Gasteiger partial charge >= 0.3 is 0 Å². The Morgan fingerprint density at radius 3 is 1.90 bits per heavy atom. The number of hydrogen-bond acceptors (Lipinski definition) is 4. The van der Waals surface area contributed by atoms with Crippen LogP contribution in [0.15, 0.2) is 24.3 Å². The van der Waals surface area contributed by atoms with E-state index in [1.165, 1.54) is 0 Å². The van der Waals surface area contributed by atoms with Crippen molar-refractivity contribution in [2.24, 2.45) is 11.8 Å². The normalized spacial score (nSPS) is 9.00. The van der Waals surface area contributed by atoms with Crippen LogP contribution < -0.4 is 21.5 Å². The van der Waals surface area contributed by atoms with Crippen LogP contribution in [0.2, 0.25) is 0 Å². The topological polar surface area (TPSA) is 70.5 Å². The average Bonchev–Trinajstić information content (AvgIpc) is 2.05. The Bertz CT molecular complexity index is 195. The van der Waals surface area contributed by atoms with E-state index in [9.17, 15) is 0 Å². The van der Waals surface area contributed by atoms with E-state index in [0.29, 0.717) is 11.5 Å². The maximum absolute atomic E-state index is 4.88. The molecule has 0 bridgehead atoms. The Hall–Kier alpha value is -1.26. The molecular weight excluding hydrogens is 132 g/mol. The van der Waals surface area contributed by atoms with Crippen molar-refractivity contribution >= 4 is 0 Å². The van der Waals surface area contributed by atoms with E-state index < -0.39 is 0 Å². The van der Waals surface area contributed by atoms with Crippen LogP contribution in [-0.2, 0) is 0 Å². The molecule has 0 aliphatic rings. The summed E-state index contributed by atoms with van der Waals surface area (Å²) in [5, 5.41) is 0. The Kier molecular flexibility index (Phi) is 2.09. The van der Waals surface area contributed by atoms with E-state index in [2.05, 4.69) is 9.68 Å². The Morgan fingerprint density at radius 1 is 1.00 bits per heavy atom. The highest BCUT2D eigenvalue weighted by atomic mass is 16.6. The molecule has 0 aromatic heterocycles. The van der Waals surface area contributed by atoms with Gasteiger partial charge in [-0.2, -0.15) is 11.8 Å². The highest BCUT2D eigenvalue weighted by Crippen LogP contribution is 2.16. The van der Waals surface area contributed by atoms with Crippen molar-refractivity contribution in [3.8, 4) is 11.5 Å². The minimum absolute atomic E-state index is 0.517. The first kappa shape index (κ1) is 6.85. The summed E-state index contributed by atoms with van der Waals surface area (Å²) < 4.78 is 0. The van der Waals surface area contributed by atoms with Crippen molar-refractivity contribution in [3.63, 3.8) is 0 Å². The lowest BCUT2D eigenvalue weighted by atomic mass is 10.3. The van der Waals surface area contributed by atoms with E-state index >= 15 is 0 Å². The van der Waals surface area contributed by atoms with Crippen molar-refractivity contribution in [2.75, 3.05) is 0 Å². The predicted molar refractivity (Wildman–Crippen MR) is 36.1 cm³/mol. The monoisotopic (exact) mass is 140 g/mol. The van der Waals surface area contributed by atoms with E-state index in [4.69, 9.17) is 11.8 Å². The molecule has 0 amide bonds. The highest BCUT2D eigenvalue weighted by molar-refractivity contribution is 5.32. The minimum atomic E-state index is 0.517. The summed E-state index contributed by atoms with van der Waals surface area (Å²) in [7, 11) is 0. The second kappa shape index (κ2) is 3.05. The van der Waals surface area contributed by atoms with Crippen LogP contribution >= 0.6 is 0 Å². The molecule has 0 atom stereocenters. The molecule has 0 heterocycles. The second-order valence-electron chi connectivity index (χ2n) is 1.71. The summed E-state index contributed by atoms with van der Waals surface area (Å²) in [5.74, 6) is 10.8. The molecule has 4 heteroatoms. The third-order valence-corrected chi connectivity index (χ3v) is 1.08. The van der Waals surface area contributed by atoms with Crippen molar-refractivity contribution in [2.45, 2.75) is 0 Å². The largest absolute Gasteiger partial charge is 0.411 e. The molecule has 1 aromatic carbocycles. The zero-order valence-corrected chi connectivity index (χ0v) is 5.28. The number of rotatable bonds is 2. The molecule has 0 saturated heterocycles. The number of nitrogens with two attached hydrogens (primary N) is 2. The highest BCUT2D eigenvalue weighted by Gasteiger charge is 1.93. The van der Waals surface area contributed by atoms with Gasteiger partial charge < -0.3 is 9.68 Å². The predicted octanol–water partition coefficient (Wildman–Crippen LogP) is 0.192. The molecule has 4 N–H and O–H groups in total. The van der Waals surface area contributed by atoms with Crippen LogP contribution in [0.25, 0.3) is 0 Å². The Morgan fingerprint density at radius 2 is 1.50 bits per heavy atom. The van der Waals surface area contributed by atoms with Gasteiger partial charge in [0, 0.05) is 6.07 Å². The van der Waals surface area contributed by atoms with Crippen LogP contribution in [0.4, 0.5) is 0 Å². The molecule has 54 valence electrons. The fourth-order valence-corrected chi connectivity index (χ4v) is 0.621. The maximum atomic E-state index is 4.88. The Labute approximate surface area is 58.2 Å². The van der Waals surface area contributed by atoms with Gasteiger partial charge in [0.2, 0.25) is 0 Å². The van der Waals surface area contributed by atoms with E-state index in [-0.39, 0.29) is 0 Å². The molecule has 0 aliphatic carbocycles.